The lowest BCUT2D eigenvalue weighted by Crippen LogP contribution is -2.51. The van der Waals surface area contributed by atoms with E-state index in [0.29, 0.717) is 50.9 Å². The molecule has 8 nitrogen and oxygen atoms in total. The quantitative estimate of drug-likeness (QED) is 0.295. The van der Waals surface area contributed by atoms with Crippen LogP contribution in [-0.4, -0.2) is 80.0 Å². The molecule has 1 saturated heterocycles. The maximum absolute atomic E-state index is 14.3. The van der Waals surface area contributed by atoms with Gasteiger partial charge in [0.2, 0.25) is 5.90 Å². The molecule has 2 aliphatic rings. The first-order valence-electron chi connectivity index (χ1n) is 14.1. The molecule has 1 fully saturated rings. The SMILES string of the molecule is O=C(NCCN1CCOCC1)[C@]1(Cc2ccccc2)N=C(c2ccc(OCCCO)cc2)O[C@@H]1c1ccc(Br)cc1. The molecule has 1 amide bonds. The van der Waals surface area contributed by atoms with Crippen LogP contribution in [0.2, 0.25) is 0 Å². The van der Waals surface area contributed by atoms with Crippen LogP contribution in [-0.2, 0) is 20.7 Å². The van der Waals surface area contributed by atoms with Crippen molar-refractivity contribution >= 4 is 27.7 Å². The zero-order valence-electron chi connectivity index (χ0n) is 23.0. The van der Waals surface area contributed by atoms with Crippen LogP contribution < -0.4 is 10.1 Å². The Morgan fingerprint density at radius 2 is 1.78 bits per heavy atom. The summed E-state index contributed by atoms with van der Waals surface area (Å²) < 4.78 is 18.7. The van der Waals surface area contributed by atoms with E-state index in [0.717, 1.165) is 40.8 Å². The predicted molar refractivity (Wildman–Crippen MR) is 161 cm³/mol. The van der Waals surface area contributed by atoms with E-state index in [4.69, 9.17) is 24.3 Å². The first kappa shape index (κ1) is 29.3. The molecule has 0 radical (unpaired) electrons. The minimum atomic E-state index is -1.22. The van der Waals surface area contributed by atoms with Gasteiger partial charge < -0.3 is 24.6 Å². The van der Waals surface area contributed by atoms with Gasteiger partial charge in [-0.15, -0.1) is 0 Å². The summed E-state index contributed by atoms with van der Waals surface area (Å²) in [7, 11) is 0. The third-order valence-electron chi connectivity index (χ3n) is 7.34. The maximum atomic E-state index is 14.3. The summed E-state index contributed by atoms with van der Waals surface area (Å²) in [6, 6.07) is 25.3. The van der Waals surface area contributed by atoms with Crippen LogP contribution >= 0.6 is 15.9 Å². The van der Waals surface area contributed by atoms with Gasteiger partial charge in [0, 0.05) is 55.7 Å². The fraction of sp³-hybridized carbons (Fsp3) is 0.375. The number of nitrogens with zero attached hydrogens (tertiary/aromatic N) is 2. The molecule has 3 aromatic rings. The van der Waals surface area contributed by atoms with Crippen molar-refractivity contribution in [2.24, 2.45) is 4.99 Å². The summed E-state index contributed by atoms with van der Waals surface area (Å²) in [5, 5.41) is 12.2. The number of hydrogen-bond donors (Lipinski definition) is 2. The first-order chi connectivity index (χ1) is 20.1. The maximum Gasteiger partial charge on any atom is 0.252 e. The fourth-order valence-electron chi connectivity index (χ4n) is 5.13. The summed E-state index contributed by atoms with van der Waals surface area (Å²) in [5.41, 5.74) is 1.42. The van der Waals surface area contributed by atoms with Gasteiger partial charge in [0.25, 0.3) is 5.91 Å². The molecular formula is C32H36BrN3O5. The van der Waals surface area contributed by atoms with E-state index in [2.05, 4.69) is 26.1 Å². The minimum absolute atomic E-state index is 0.0815. The van der Waals surface area contributed by atoms with Crippen molar-refractivity contribution < 1.29 is 24.1 Å². The lowest BCUT2D eigenvalue weighted by molar-refractivity contribution is -0.129. The largest absolute Gasteiger partial charge is 0.494 e. The molecule has 41 heavy (non-hydrogen) atoms. The number of carbonyl (C=O) groups excluding carboxylic acids is 1. The summed E-state index contributed by atoms with van der Waals surface area (Å²) in [5.74, 6) is 0.947. The lowest BCUT2D eigenvalue weighted by atomic mass is 9.82. The Kier molecular flexibility index (Phi) is 10.1. The van der Waals surface area contributed by atoms with E-state index in [1.807, 2.05) is 78.9 Å². The number of aliphatic hydroxyl groups is 1. The highest BCUT2D eigenvalue weighted by Gasteiger charge is 2.53. The number of aliphatic imine (C=N–C) groups is 1. The van der Waals surface area contributed by atoms with Crippen molar-refractivity contribution in [3.63, 3.8) is 0 Å². The zero-order valence-corrected chi connectivity index (χ0v) is 24.6. The molecular weight excluding hydrogens is 586 g/mol. The van der Waals surface area contributed by atoms with Crippen LogP contribution in [0.4, 0.5) is 0 Å². The van der Waals surface area contributed by atoms with Crippen LogP contribution in [0.15, 0.2) is 88.3 Å². The highest BCUT2D eigenvalue weighted by atomic mass is 79.9. The van der Waals surface area contributed by atoms with Crippen molar-refractivity contribution in [3.8, 4) is 5.75 Å². The molecule has 216 valence electrons. The molecule has 0 bridgehead atoms. The minimum Gasteiger partial charge on any atom is -0.494 e. The van der Waals surface area contributed by atoms with Crippen molar-refractivity contribution in [1.29, 1.82) is 0 Å². The molecule has 3 aromatic carbocycles. The second kappa shape index (κ2) is 14.1. The topological polar surface area (TPSA) is 92.6 Å². The normalized spacial score (nSPS) is 20.7. The van der Waals surface area contributed by atoms with Crippen molar-refractivity contribution in [2.75, 3.05) is 52.6 Å². The molecule has 2 N–H and O–H groups in total. The van der Waals surface area contributed by atoms with Crippen LogP contribution in [0.5, 0.6) is 5.75 Å². The smallest absolute Gasteiger partial charge is 0.252 e. The van der Waals surface area contributed by atoms with Crippen LogP contribution in [0, 0.1) is 0 Å². The number of rotatable bonds is 12. The summed E-state index contributed by atoms with van der Waals surface area (Å²) >= 11 is 3.53. The fourth-order valence-corrected chi connectivity index (χ4v) is 5.40. The van der Waals surface area contributed by atoms with Crippen LogP contribution in [0.3, 0.4) is 0 Å². The average molecular weight is 623 g/mol. The Balaban J connectivity index is 1.47. The molecule has 0 aliphatic carbocycles. The molecule has 2 heterocycles. The number of amides is 1. The summed E-state index contributed by atoms with van der Waals surface area (Å²) in [6.07, 6.45) is 0.313. The molecule has 0 spiro atoms. The number of morpholine rings is 1. The van der Waals surface area contributed by atoms with Gasteiger partial charge >= 0.3 is 0 Å². The van der Waals surface area contributed by atoms with E-state index in [1.54, 1.807) is 0 Å². The number of aliphatic hydroxyl groups excluding tert-OH is 1. The Bertz CT molecular complexity index is 1300. The molecule has 0 aromatic heterocycles. The third-order valence-corrected chi connectivity index (χ3v) is 7.87. The highest BCUT2D eigenvalue weighted by molar-refractivity contribution is 9.10. The van der Waals surface area contributed by atoms with Gasteiger partial charge in [0.05, 0.1) is 19.8 Å². The second-order valence-corrected chi connectivity index (χ2v) is 11.1. The predicted octanol–water partition coefficient (Wildman–Crippen LogP) is 4.16. The van der Waals surface area contributed by atoms with E-state index in [9.17, 15) is 4.79 Å². The van der Waals surface area contributed by atoms with Crippen molar-refractivity contribution in [1.82, 2.24) is 10.2 Å². The van der Waals surface area contributed by atoms with E-state index in [1.165, 1.54) is 0 Å². The number of halogens is 1. The Morgan fingerprint density at radius 3 is 2.49 bits per heavy atom. The van der Waals surface area contributed by atoms with E-state index >= 15 is 0 Å². The second-order valence-electron chi connectivity index (χ2n) is 10.2. The molecule has 2 atom stereocenters. The number of ether oxygens (including phenoxy) is 3. The van der Waals surface area contributed by atoms with E-state index < -0.39 is 11.6 Å². The van der Waals surface area contributed by atoms with Gasteiger partial charge in [-0.05, 0) is 47.5 Å². The van der Waals surface area contributed by atoms with Crippen LogP contribution in [0.25, 0.3) is 0 Å². The molecule has 5 rings (SSSR count). The molecule has 9 heteroatoms. The van der Waals surface area contributed by atoms with Gasteiger partial charge in [-0.2, -0.15) is 0 Å². The van der Waals surface area contributed by atoms with Gasteiger partial charge in [0.15, 0.2) is 11.6 Å². The van der Waals surface area contributed by atoms with Gasteiger partial charge in [-0.3, -0.25) is 9.69 Å². The van der Waals surface area contributed by atoms with Crippen molar-refractivity contribution in [2.45, 2.75) is 24.5 Å². The standard InChI is InChI=1S/C32H36BrN3O5/c33-27-11-7-25(8-12-27)29-32(23-24-5-2-1-3-6-24,31(38)34-15-16-36-17-21-39-22-18-36)35-30(41-29)26-9-13-28(14-10-26)40-20-4-19-37/h1-3,5-14,29,37H,4,15-23H2,(H,34,38)/t29-,32-/m1/s1. The van der Waals surface area contributed by atoms with Gasteiger partial charge in [-0.1, -0.05) is 58.4 Å². The number of hydrogen-bond acceptors (Lipinski definition) is 7. The van der Waals surface area contributed by atoms with Crippen LogP contribution in [0.1, 0.15) is 29.2 Å². The number of carbonyl (C=O) groups is 1. The zero-order chi connectivity index (χ0) is 28.5. The number of benzene rings is 3. The number of nitrogens with one attached hydrogen (secondary N) is 1. The highest BCUT2D eigenvalue weighted by Crippen LogP contribution is 2.42. The third kappa shape index (κ3) is 7.35. The Labute approximate surface area is 249 Å². The lowest BCUT2D eigenvalue weighted by Gasteiger charge is -2.32. The van der Waals surface area contributed by atoms with E-state index in [-0.39, 0.29) is 12.5 Å². The Hall–Kier alpha value is -3.24. The summed E-state index contributed by atoms with van der Waals surface area (Å²) in [6.45, 7) is 4.91. The van der Waals surface area contributed by atoms with Crippen molar-refractivity contribution in [3.05, 3.63) is 100 Å². The monoisotopic (exact) mass is 621 g/mol. The summed E-state index contributed by atoms with van der Waals surface area (Å²) in [4.78, 5) is 21.6. The molecule has 0 unspecified atom stereocenters. The average Bonchev–Trinajstić information content (AvgIpc) is 3.39. The molecule has 0 saturated carbocycles. The van der Waals surface area contributed by atoms with Gasteiger partial charge in [-0.25, -0.2) is 4.99 Å². The molecule has 2 aliphatic heterocycles. The Morgan fingerprint density at radius 1 is 1.05 bits per heavy atom. The van der Waals surface area contributed by atoms with Gasteiger partial charge in [0.1, 0.15) is 5.75 Å². The first-order valence-corrected chi connectivity index (χ1v) is 14.8.